The Bertz CT molecular complexity index is 365. The molecular weight excluding hydrogens is 220 g/mol. The number of benzene rings is 1. The van der Waals surface area contributed by atoms with Gasteiger partial charge in [0, 0.05) is 0 Å². The lowest BCUT2D eigenvalue weighted by atomic mass is 10.2. The standard InChI is InChI=1S/C10H11F2NO3/c1-15-9(14)7-2-4-8(5-3-7)16-10(11,12)6-13/h2-5H,6,13H2,1H3. The van der Waals surface area contributed by atoms with Crippen molar-refractivity contribution in [3.05, 3.63) is 29.8 Å². The van der Waals surface area contributed by atoms with E-state index in [1.54, 1.807) is 0 Å². The molecule has 0 radical (unpaired) electrons. The van der Waals surface area contributed by atoms with Crippen LogP contribution in [-0.4, -0.2) is 25.7 Å². The molecule has 0 saturated carbocycles. The number of alkyl halides is 2. The lowest BCUT2D eigenvalue weighted by Gasteiger charge is -2.15. The van der Waals surface area contributed by atoms with Crippen molar-refractivity contribution in [2.24, 2.45) is 5.73 Å². The molecule has 0 aromatic heterocycles. The second-order valence-electron chi connectivity index (χ2n) is 2.96. The monoisotopic (exact) mass is 231 g/mol. The van der Waals surface area contributed by atoms with Crippen LogP contribution in [0.5, 0.6) is 5.75 Å². The van der Waals surface area contributed by atoms with E-state index >= 15 is 0 Å². The lowest BCUT2D eigenvalue weighted by molar-refractivity contribution is -0.166. The number of rotatable bonds is 4. The van der Waals surface area contributed by atoms with Crippen molar-refractivity contribution in [2.45, 2.75) is 6.11 Å². The van der Waals surface area contributed by atoms with Crippen LogP contribution in [0.3, 0.4) is 0 Å². The van der Waals surface area contributed by atoms with Gasteiger partial charge < -0.3 is 15.2 Å². The van der Waals surface area contributed by atoms with E-state index < -0.39 is 18.6 Å². The highest BCUT2D eigenvalue weighted by molar-refractivity contribution is 5.89. The highest BCUT2D eigenvalue weighted by Crippen LogP contribution is 2.21. The van der Waals surface area contributed by atoms with Gasteiger partial charge in [0.2, 0.25) is 0 Å². The Morgan fingerprint density at radius 1 is 1.38 bits per heavy atom. The second kappa shape index (κ2) is 4.89. The maximum Gasteiger partial charge on any atom is 0.410 e. The fourth-order valence-corrected chi connectivity index (χ4v) is 0.991. The zero-order chi connectivity index (χ0) is 12.2. The van der Waals surface area contributed by atoms with Crippen molar-refractivity contribution in [3.8, 4) is 5.75 Å². The first kappa shape index (κ1) is 12.4. The number of ether oxygens (including phenoxy) is 2. The maximum atomic E-state index is 12.7. The summed E-state index contributed by atoms with van der Waals surface area (Å²) in [7, 11) is 1.23. The van der Waals surface area contributed by atoms with Crippen molar-refractivity contribution in [3.63, 3.8) is 0 Å². The van der Waals surface area contributed by atoms with E-state index in [4.69, 9.17) is 5.73 Å². The number of esters is 1. The van der Waals surface area contributed by atoms with E-state index in [2.05, 4.69) is 9.47 Å². The molecule has 0 amide bonds. The topological polar surface area (TPSA) is 61.5 Å². The highest BCUT2D eigenvalue weighted by atomic mass is 19.3. The summed E-state index contributed by atoms with van der Waals surface area (Å²) in [5.74, 6) is -0.611. The molecule has 0 unspecified atom stereocenters. The number of carbonyl (C=O) groups is 1. The molecule has 0 aliphatic rings. The normalized spacial score (nSPS) is 11.0. The van der Waals surface area contributed by atoms with E-state index in [0.717, 1.165) is 0 Å². The van der Waals surface area contributed by atoms with Crippen LogP contribution in [-0.2, 0) is 4.74 Å². The Hall–Kier alpha value is -1.69. The van der Waals surface area contributed by atoms with E-state index in [9.17, 15) is 13.6 Å². The van der Waals surface area contributed by atoms with Gasteiger partial charge in [0.15, 0.2) is 0 Å². The molecule has 4 nitrogen and oxygen atoms in total. The van der Waals surface area contributed by atoms with Gasteiger partial charge in [-0.25, -0.2) is 4.79 Å². The van der Waals surface area contributed by atoms with E-state index in [1.807, 2.05) is 0 Å². The molecule has 0 saturated heterocycles. The van der Waals surface area contributed by atoms with Crippen molar-refractivity contribution >= 4 is 5.97 Å². The van der Waals surface area contributed by atoms with Crippen LogP contribution >= 0.6 is 0 Å². The minimum atomic E-state index is -3.41. The maximum absolute atomic E-state index is 12.7. The summed E-state index contributed by atoms with van der Waals surface area (Å²) in [6.45, 7) is -0.911. The molecule has 1 rings (SSSR count). The van der Waals surface area contributed by atoms with Crippen LogP contribution in [0.4, 0.5) is 8.78 Å². The van der Waals surface area contributed by atoms with Gasteiger partial charge in [-0.3, -0.25) is 0 Å². The molecule has 88 valence electrons. The predicted octanol–water partition coefficient (Wildman–Crippen LogP) is 1.40. The third-order valence-electron chi connectivity index (χ3n) is 1.78. The third-order valence-corrected chi connectivity index (χ3v) is 1.78. The van der Waals surface area contributed by atoms with Crippen molar-refractivity contribution < 1.29 is 23.0 Å². The summed E-state index contributed by atoms with van der Waals surface area (Å²) in [6.07, 6.45) is -3.41. The van der Waals surface area contributed by atoms with Gasteiger partial charge in [0.1, 0.15) is 5.75 Å². The molecule has 0 fully saturated rings. The van der Waals surface area contributed by atoms with E-state index in [1.165, 1.54) is 31.4 Å². The molecule has 0 atom stereocenters. The van der Waals surface area contributed by atoms with Gasteiger partial charge in [0.05, 0.1) is 19.2 Å². The van der Waals surface area contributed by atoms with Gasteiger partial charge in [-0.15, -0.1) is 0 Å². The number of nitrogens with two attached hydrogens (primary N) is 1. The predicted molar refractivity (Wildman–Crippen MR) is 52.4 cm³/mol. The van der Waals surface area contributed by atoms with Crippen LogP contribution in [0.15, 0.2) is 24.3 Å². The molecule has 0 bridgehead atoms. The molecule has 0 aliphatic heterocycles. The Morgan fingerprint density at radius 2 is 1.94 bits per heavy atom. The largest absolute Gasteiger partial charge is 0.465 e. The molecule has 0 aliphatic carbocycles. The summed E-state index contributed by atoms with van der Waals surface area (Å²) < 4.78 is 34.2. The molecule has 16 heavy (non-hydrogen) atoms. The third kappa shape index (κ3) is 3.16. The zero-order valence-electron chi connectivity index (χ0n) is 8.57. The Kier molecular flexibility index (Phi) is 3.78. The molecule has 2 N–H and O–H groups in total. The van der Waals surface area contributed by atoms with Crippen molar-refractivity contribution in [1.29, 1.82) is 0 Å². The number of halogens is 2. The van der Waals surface area contributed by atoms with E-state index in [-0.39, 0.29) is 11.3 Å². The van der Waals surface area contributed by atoms with Crippen molar-refractivity contribution in [1.82, 2.24) is 0 Å². The molecule has 1 aromatic carbocycles. The quantitative estimate of drug-likeness (QED) is 0.796. The average molecular weight is 231 g/mol. The van der Waals surface area contributed by atoms with Gasteiger partial charge in [-0.1, -0.05) is 0 Å². The first-order valence-corrected chi connectivity index (χ1v) is 4.44. The number of hydrogen-bond acceptors (Lipinski definition) is 4. The number of carbonyl (C=O) groups excluding carboxylic acids is 1. The number of methoxy groups -OCH3 is 1. The van der Waals surface area contributed by atoms with Crippen LogP contribution in [0.2, 0.25) is 0 Å². The minimum Gasteiger partial charge on any atom is -0.465 e. The van der Waals surface area contributed by atoms with Gasteiger partial charge in [-0.05, 0) is 24.3 Å². The fourth-order valence-electron chi connectivity index (χ4n) is 0.991. The molecular formula is C10H11F2NO3. The first-order chi connectivity index (χ1) is 7.48. The summed E-state index contributed by atoms with van der Waals surface area (Å²) in [5, 5.41) is 0. The summed E-state index contributed by atoms with van der Waals surface area (Å²) in [6, 6.07) is 5.15. The molecule has 1 aromatic rings. The second-order valence-corrected chi connectivity index (χ2v) is 2.96. The summed E-state index contributed by atoms with van der Waals surface area (Å²) in [4.78, 5) is 11.0. The zero-order valence-corrected chi connectivity index (χ0v) is 8.57. The van der Waals surface area contributed by atoms with Crippen LogP contribution in [0.25, 0.3) is 0 Å². The number of hydrogen-bond donors (Lipinski definition) is 1. The molecule has 0 heterocycles. The smallest absolute Gasteiger partial charge is 0.410 e. The minimum absolute atomic E-state index is 0.0666. The summed E-state index contributed by atoms with van der Waals surface area (Å²) >= 11 is 0. The van der Waals surface area contributed by atoms with Crippen LogP contribution in [0, 0.1) is 0 Å². The summed E-state index contributed by atoms with van der Waals surface area (Å²) in [5.41, 5.74) is 5.06. The highest BCUT2D eigenvalue weighted by Gasteiger charge is 2.29. The Labute approximate surface area is 91.0 Å². The van der Waals surface area contributed by atoms with Crippen molar-refractivity contribution in [2.75, 3.05) is 13.7 Å². The van der Waals surface area contributed by atoms with Crippen LogP contribution < -0.4 is 10.5 Å². The SMILES string of the molecule is COC(=O)c1ccc(OC(F)(F)CN)cc1. The van der Waals surface area contributed by atoms with Crippen LogP contribution in [0.1, 0.15) is 10.4 Å². The van der Waals surface area contributed by atoms with Gasteiger partial charge in [-0.2, -0.15) is 8.78 Å². The Morgan fingerprint density at radius 3 is 2.38 bits per heavy atom. The van der Waals surface area contributed by atoms with E-state index in [0.29, 0.717) is 0 Å². The first-order valence-electron chi connectivity index (χ1n) is 4.44. The molecule has 6 heteroatoms. The fraction of sp³-hybridized carbons (Fsp3) is 0.300. The Balaban J connectivity index is 2.76. The van der Waals surface area contributed by atoms with Gasteiger partial charge in [0.25, 0.3) is 0 Å². The average Bonchev–Trinajstić information content (AvgIpc) is 2.28. The van der Waals surface area contributed by atoms with Gasteiger partial charge >= 0.3 is 12.1 Å². The lowest BCUT2D eigenvalue weighted by Crippen LogP contribution is -2.34. The molecule has 0 spiro atoms.